The highest BCUT2D eigenvalue weighted by atomic mass is 28.4. The summed E-state index contributed by atoms with van der Waals surface area (Å²) in [6.07, 6.45) is 22.3. The predicted molar refractivity (Wildman–Crippen MR) is 150 cm³/mol. The smallest absolute Gasteiger partial charge is 0.192 e. The van der Waals surface area contributed by atoms with E-state index in [1.54, 1.807) is 0 Å². The SMILES string of the molecule is CC1(/C=C/C=C/[C@H](O[Si](C)(C)C(C)(C)C)C2(CCC#Cc3ccccc3)CCC2)CCCCC1. The highest BCUT2D eigenvalue weighted by Gasteiger charge is 2.47. The molecule has 0 aromatic heterocycles. The van der Waals surface area contributed by atoms with Crippen LogP contribution in [0.15, 0.2) is 54.6 Å². The van der Waals surface area contributed by atoms with Gasteiger partial charge in [-0.25, -0.2) is 0 Å². The molecule has 3 rings (SSSR count). The normalized spacial score (nSPS) is 21.1. The van der Waals surface area contributed by atoms with Gasteiger partial charge in [0, 0.05) is 12.0 Å². The lowest BCUT2D eigenvalue weighted by Gasteiger charge is -2.50. The highest BCUT2D eigenvalue weighted by Crippen LogP contribution is 2.51. The van der Waals surface area contributed by atoms with E-state index in [0.29, 0.717) is 5.41 Å². The van der Waals surface area contributed by atoms with Gasteiger partial charge in [-0.2, -0.15) is 0 Å². The van der Waals surface area contributed by atoms with Gasteiger partial charge in [0.15, 0.2) is 8.32 Å². The zero-order valence-electron chi connectivity index (χ0n) is 22.8. The van der Waals surface area contributed by atoms with Gasteiger partial charge in [0.2, 0.25) is 0 Å². The molecule has 1 aromatic carbocycles. The molecule has 0 N–H and O–H groups in total. The van der Waals surface area contributed by atoms with Crippen LogP contribution in [0.3, 0.4) is 0 Å². The molecule has 2 aliphatic rings. The summed E-state index contributed by atoms with van der Waals surface area (Å²) < 4.78 is 7.11. The van der Waals surface area contributed by atoms with Crippen molar-refractivity contribution < 1.29 is 4.43 Å². The van der Waals surface area contributed by atoms with Crippen LogP contribution in [0.1, 0.15) is 97.5 Å². The Morgan fingerprint density at radius 1 is 0.971 bits per heavy atom. The van der Waals surface area contributed by atoms with Gasteiger partial charge in [0.05, 0.1) is 6.10 Å². The number of allylic oxidation sites excluding steroid dienone is 3. The van der Waals surface area contributed by atoms with E-state index in [0.717, 1.165) is 18.4 Å². The van der Waals surface area contributed by atoms with Gasteiger partial charge in [-0.15, -0.1) is 0 Å². The van der Waals surface area contributed by atoms with Gasteiger partial charge in [0.25, 0.3) is 0 Å². The minimum Gasteiger partial charge on any atom is -0.410 e. The predicted octanol–water partition coefficient (Wildman–Crippen LogP) is 9.46. The second-order valence-electron chi connectivity index (χ2n) is 12.6. The van der Waals surface area contributed by atoms with Crippen LogP contribution >= 0.6 is 0 Å². The largest absolute Gasteiger partial charge is 0.410 e. The van der Waals surface area contributed by atoms with E-state index in [-0.39, 0.29) is 16.6 Å². The monoisotopic (exact) mass is 476 g/mol. The molecule has 1 nitrogen and oxygen atoms in total. The molecular weight excluding hydrogens is 428 g/mol. The van der Waals surface area contributed by atoms with Gasteiger partial charge in [-0.1, -0.05) is 108 Å². The van der Waals surface area contributed by atoms with E-state index < -0.39 is 8.32 Å². The molecule has 2 aliphatic carbocycles. The van der Waals surface area contributed by atoms with E-state index in [1.807, 2.05) is 6.07 Å². The minimum atomic E-state index is -1.88. The summed E-state index contributed by atoms with van der Waals surface area (Å²) in [6, 6.07) is 10.4. The lowest BCUT2D eigenvalue weighted by molar-refractivity contribution is -0.00363. The molecule has 186 valence electrons. The van der Waals surface area contributed by atoms with Crippen molar-refractivity contribution in [3.63, 3.8) is 0 Å². The molecule has 2 fully saturated rings. The molecule has 1 aromatic rings. The first-order valence-electron chi connectivity index (χ1n) is 13.6. The van der Waals surface area contributed by atoms with Crippen LogP contribution in [-0.4, -0.2) is 14.4 Å². The molecule has 0 bridgehead atoms. The highest BCUT2D eigenvalue weighted by molar-refractivity contribution is 6.74. The molecule has 2 heteroatoms. The quantitative estimate of drug-likeness (QED) is 0.206. The molecule has 2 saturated carbocycles. The fourth-order valence-corrected chi connectivity index (χ4v) is 6.46. The summed E-state index contributed by atoms with van der Waals surface area (Å²) in [5.74, 6) is 6.81. The molecule has 0 amide bonds. The maximum atomic E-state index is 7.11. The molecular formula is C32H48OSi. The Morgan fingerprint density at radius 2 is 1.65 bits per heavy atom. The third-order valence-corrected chi connectivity index (χ3v) is 13.3. The van der Waals surface area contributed by atoms with Crippen LogP contribution in [0.5, 0.6) is 0 Å². The van der Waals surface area contributed by atoms with E-state index >= 15 is 0 Å². The molecule has 0 heterocycles. The molecule has 34 heavy (non-hydrogen) atoms. The number of benzene rings is 1. The zero-order chi connectivity index (χ0) is 24.7. The Hall–Kier alpha value is -1.56. The van der Waals surface area contributed by atoms with Crippen molar-refractivity contribution in [3.05, 3.63) is 60.2 Å². The van der Waals surface area contributed by atoms with Gasteiger partial charge in [-0.3, -0.25) is 0 Å². The fourth-order valence-electron chi connectivity index (χ4n) is 5.15. The molecule has 0 radical (unpaired) electrons. The van der Waals surface area contributed by atoms with Crippen molar-refractivity contribution in [1.29, 1.82) is 0 Å². The maximum absolute atomic E-state index is 7.11. The van der Waals surface area contributed by atoms with Crippen LogP contribution < -0.4 is 0 Å². The standard InChI is InChI=1S/C32H48OSi/c1-30(2,3)34(5,6)33-29(21-12-15-24-31(4)22-13-8-14-23-31)32(26-17-27-32)25-16-11-20-28-18-9-7-10-19-28/h7,9-10,12,15,18-19,21,24,29H,8,13-14,16-17,22-23,25-27H2,1-6H3/b21-12+,24-15+/t29-/m0/s1. The Labute approximate surface area is 211 Å². The lowest BCUT2D eigenvalue weighted by atomic mass is 9.62. The van der Waals surface area contributed by atoms with Crippen LogP contribution in [0.25, 0.3) is 0 Å². The first-order valence-corrected chi connectivity index (χ1v) is 16.5. The van der Waals surface area contributed by atoms with Crippen molar-refractivity contribution in [1.82, 2.24) is 0 Å². The average Bonchev–Trinajstić information content (AvgIpc) is 2.75. The van der Waals surface area contributed by atoms with Gasteiger partial charge in [-0.05, 0) is 73.2 Å². The molecule has 0 unspecified atom stereocenters. The van der Waals surface area contributed by atoms with Crippen molar-refractivity contribution >= 4 is 8.32 Å². The summed E-state index contributed by atoms with van der Waals surface area (Å²) in [5, 5.41) is 0.211. The summed E-state index contributed by atoms with van der Waals surface area (Å²) in [5.41, 5.74) is 1.72. The Balaban J connectivity index is 1.74. The first kappa shape index (κ1) is 27.0. The fraction of sp³-hybridized carbons (Fsp3) is 0.625. The van der Waals surface area contributed by atoms with Gasteiger partial charge in [0.1, 0.15) is 0 Å². The lowest BCUT2D eigenvalue weighted by Crippen LogP contribution is -2.51. The van der Waals surface area contributed by atoms with Crippen molar-refractivity contribution in [2.24, 2.45) is 10.8 Å². The first-order chi connectivity index (χ1) is 16.1. The number of rotatable bonds is 8. The zero-order valence-corrected chi connectivity index (χ0v) is 23.8. The number of hydrogen-bond acceptors (Lipinski definition) is 1. The summed E-state index contributed by atoms with van der Waals surface area (Å²) in [6.45, 7) is 14.3. The molecule has 0 aliphatic heterocycles. The molecule has 0 spiro atoms. The van der Waals surface area contributed by atoms with Crippen molar-refractivity contribution in [2.45, 2.75) is 116 Å². The molecule has 1 atom stereocenters. The third kappa shape index (κ3) is 7.22. The molecule has 0 saturated heterocycles. The van der Waals surface area contributed by atoms with E-state index in [4.69, 9.17) is 4.43 Å². The summed E-state index contributed by atoms with van der Waals surface area (Å²) in [7, 11) is -1.88. The Morgan fingerprint density at radius 3 is 2.24 bits per heavy atom. The van der Waals surface area contributed by atoms with Crippen LogP contribution in [0, 0.1) is 22.7 Å². The summed E-state index contributed by atoms with van der Waals surface area (Å²) >= 11 is 0. The Bertz CT molecular complexity index is 880. The minimum absolute atomic E-state index is 0.185. The van der Waals surface area contributed by atoms with E-state index in [9.17, 15) is 0 Å². The third-order valence-electron chi connectivity index (χ3n) is 8.83. The second-order valence-corrected chi connectivity index (χ2v) is 17.4. The van der Waals surface area contributed by atoms with Gasteiger partial charge < -0.3 is 4.43 Å². The van der Waals surface area contributed by atoms with E-state index in [2.05, 4.69) is 101 Å². The van der Waals surface area contributed by atoms with Crippen molar-refractivity contribution in [2.75, 3.05) is 0 Å². The maximum Gasteiger partial charge on any atom is 0.192 e. The van der Waals surface area contributed by atoms with Crippen LogP contribution in [0.4, 0.5) is 0 Å². The summed E-state index contributed by atoms with van der Waals surface area (Å²) in [4.78, 5) is 0. The average molecular weight is 477 g/mol. The van der Waals surface area contributed by atoms with Crippen LogP contribution in [0.2, 0.25) is 18.1 Å². The van der Waals surface area contributed by atoms with Crippen molar-refractivity contribution in [3.8, 4) is 11.8 Å². The van der Waals surface area contributed by atoms with Gasteiger partial charge >= 0.3 is 0 Å². The number of hydrogen-bond donors (Lipinski definition) is 0. The second kappa shape index (κ2) is 11.4. The Kier molecular flexibility index (Phi) is 9.10. The van der Waals surface area contributed by atoms with E-state index in [1.165, 1.54) is 51.4 Å². The topological polar surface area (TPSA) is 9.23 Å². The van der Waals surface area contributed by atoms with Crippen LogP contribution in [-0.2, 0) is 4.43 Å².